The van der Waals surface area contributed by atoms with Crippen molar-refractivity contribution in [3.8, 4) is 0 Å². The minimum absolute atomic E-state index is 0.412. The van der Waals surface area contributed by atoms with Crippen LogP contribution in [0, 0.1) is 11.8 Å². The Balaban J connectivity index is 2.20. The average Bonchev–Trinajstić information content (AvgIpc) is 2.17. The van der Waals surface area contributed by atoms with Crippen molar-refractivity contribution in [3.63, 3.8) is 0 Å². The predicted octanol–water partition coefficient (Wildman–Crippen LogP) is 2.27. The number of hydrogen-bond acceptors (Lipinski definition) is 0. The van der Waals surface area contributed by atoms with Crippen LogP contribution >= 0.6 is 11.6 Å². The number of hydrogen-bond donors (Lipinski definition) is 0. The normalized spacial score (nSPS) is 43.3. The van der Waals surface area contributed by atoms with Gasteiger partial charge in [0.25, 0.3) is 0 Å². The second-order valence-corrected chi connectivity index (χ2v) is 3.24. The maximum Gasteiger partial charge on any atom is 0.0338 e. The van der Waals surface area contributed by atoms with Gasteiger partial charge in [-0.2, -0.15) is 0 Å². The fraction of sp³-hybridized carbons (Fsp3) is 1.00. The Hall–Kier alpha value is 0.290. The van der Waals surface area contributed by atoms with Crippen molar-refractivity contribution in [2.24, 2.45) is 11.8 Å². The molecule has 0 amide bonds. The molecule has 1 heteroatoms. The van der Waals surface area contributed by atoms with Gasteiger partial charge in [0.05, 0.1) is 0 Å². The Bertz CT molecular complexity index is 68.6. The van der Waals surface area contributed by atoms with Crippen LogP contribution in [0.15, 0.2) is 0 Å². The van der Waals surface area contributed by atoms with Gasteiger partial charge < -0.3 is 0 Å². The number of alkyl halides is 1. The van der Waals surface area contributed by atoms with E-state index in [0.29, 0.717) is 5.38 Å². The Morgan fingerprint density at radius 3 is 2.14 bits per heavy atom. The lowest BCUT2D eigenvalue weighted by molar-refractivity contribution is 0.732. The molecule has 0 bridgehead atoms. The van der Waals surface area contributed by atoms with Crippen LogP contribution in [-0.2, 0) is 0 Å². The van der Waals surface area contributed by atoms with Crippen LogP contribution in [0.2, 0.25) is 0 Å². The average molecular weight is 119 g/mol. The molecule has 0 aromatic heterocycles. The van der Waals surface area contributed by atoms with Crippen molar-refractivity contribution in [2.45, 2.75) is 25.6 Å². The van der Waals surface area contributed by atoms with Crippen molar-refractivity contribution < 1.29 is 0 Å². The molecule has 0 radical (unpaired) electrons. The lowest BCUT2D eigenvalue weighted by Gasteiger charge is -1.94. The molecule has 0 N–H and O–H groups in total. The van der Waals surface area contributed by atoms with E-state index in [9.17, 15) is 0 Å². The summed E-state index contributed by atoms with van der Waals surface area (Å²) >= 11 is 5.77. The monoisotopic (exact) mass is 118 g/mol. The zero-order valence-electron chi connectivity index (χ0n) is 4.82. The highest BCUT2D eigenvalue weighted by Crippen LogP contribution is 2.42. The van der Waals surface area contributed by atoms with Crippen LogP contribution < -0.4 is 0 Å². The van der Waals surface area contributed by atoms with E-state index in [0.717, 1.165) is 11.8 Å². The third kappa shape index (κ3) is 1.09. The van der Waals surface area contributed by atoms with Crippen molar-refractivity contribution in [3.05, 3.63) is 0 Å². The van der Waals surface area contributed by atoms with Crippen molar-refractivity contribution >= 4 is 11.6 Å². The molecule has 3 atom stereocenters. The maximum absolute atomic E-state index is 5.77. The van der Waals surface area contributed by atoms with Gasteiger partial charge >= 0.3 is 0 Å². The van der Waals surface area contributed by atoms with E-state index in [4.69, 9.17) is 11.6 Å². The van der Waals surface area contributed by atoms with Crippen LogP contribution in [0.5, 0.6) is 0 Å². The van der Waals surface area contributed by atoms with Gasteiger partial charge in [0.1, 0.15) is 0 Å². The highest BCUT2D eigenvalue weighted by atomic mass is 35.5. The van der Waals surface area contributed by atoms with Crippen molar-refractivity contribution in [1.82, 2.24) is 0 Å². The molecule has 0 aromatic carbocycles. The molecule has 1 fully saturated rings. The second kappa shape index (κ2) is 1.66. The van der Waals surface area contributed by atoms with E-state index >= 15 is 0 Å². The summed E-state index contributed by atoms with van der Waals surface area (Å²) in [7, 11) is 0. The summed E-state index contributed by atoms with van der Waals surface area (Å²) in [6.07, 6.45) is 1.35. The van der Waals surface area contributed by atoms with Crippen molar-refractivity contribution in [2.75, 3.05) is 0 Å². The summed E-state index contributed by atoms with van der Waals surface area (Å²) in [4.78, 5) is 0. The maximum atomic E-state index is 5.77. The molecule has 0 heterocycles. The van der Waals surface area contributed by atoms with E-state index < -0.39 is 0 Å². The van der Waals surface area contributed by atoms with Crippen molar-refractivity contribution in [1.29, 1.82) is 0 Å². The van der Waals surface area contributed by atoms with Gasteiger partial charge in [0.15, 0.2) is 0 Å². The highest BCUT2D eigenvalue weighted by molar-refractivity contribution is 6.20. The zero-order chi connectivity index (χ0) is 5.44. The molecule has 0 saturated heterocycles. The molecule has 0 spiro atoms. The first-order valence-corrected chi connectivity index (χ1v) is 3.29. The summed E-state index contributed by atoms with van der Waals surface area (Å²) in [6, 6.07) is 0. The van der Waals surface area contributed by atoms with Gasteiger partial charge in [-0.1, -0.05) is 6.92 Å². The summed E-state index contributed by atoms with van der Waals surface area (Å²) in [6.45, 7) is 4.33. The summed E-state index contributed by atoms with van der Waals surface area (Å²) in [5.41, 5.74) is 0. The zero-order valence-corrected chi connectivity index (χ0v) is 5.57. The molecular formula is C6H11Cl. The number of rotatable bonds is 1. The third-order valence-electron chi connectivity index (χ3n) is 1.76. The molecule has 1 rings (SSSR count). The van der Waals surface area contributed by atoms with Crippen LogP contribution in [0.3, 0.4) is 0 Å². The number of halogens is 1. The molecule has 1 saturated carbocycles. The minimum Gasteiger partial charge on any atom is -0.123 e. The van der Waals surface area contributed by atoms with Gasteiger partial charge in [-0.05, 0) is 25.2 Å². The largest absolute Gasteiger partial charge is 0.123 e. The predicted molar refractivity (Wildman–Crippen MR) is 32.6 cm³/mol. The molecule has 3 unspecified atom stereocenters. The SMILES string of the molecule is CC(Cl)C1CC1C. The van der Waals surface area contributed by atoms with Crippen LogP contribution in [0.4, 0.5) is 0 Å². The van der Waals surface area contributed by atoms with E-state index in [-0.39, 0.29) is 0 Å². The summed E-state index contributed by atoms with van der Waals surface area (Å²) in [5.74, 6) is 1.74. The van der Waals surface area contributed by atoms with Crippen LogP contribution in [-0.4, -0.2) is 5.38 Å². The Kier molecular flexibility index (Phi) is 1.29. The van der Waals surface area contributed by atoms with Gasteiger partial charge in [0.2, 0.25) is 0 Å². The fourth-order valence-electron chi connectivity index (χ4n) is 0.991. The molecule has 7 heavy (non-hydrogen) atoms. The molecule has 1 aliphatic carbocycles. The summed E-state index contributed by atoms with van der Waals surface area (Å²) < 4.78 is 0. The van der Waals surface area contributed by atoms with E-state index in [1.165, 1.54) is 6.42 Å². The van der Waals surface area contributed by atoms with Crippen LogP contribution in [0.25, 0.3) is 0 Å². The highest BCUT2D eigenvalue weighted by Gasteiger charge is 2.35. The fourth-order valence-corrected chi connectivity index (χ4v) is 1.34. The molecule has 0 nitrogen and oxygen atoms in total. The first-order chi connectivity index (χ1) is 3.22. The quantitative estimate of drug-likeness (QED) is 0.464. The molecule has 0 aliphatic heterocycles. The smallest absolute Gasteiger partial charge is 0.0338 e. The van der Waals surface area contributed by atoms with Gasteiger partial charge in [-0.15, -0.1) is 11.6 Å². The Morgan fingerprint density at radius 2 is 2.14 bits per heavy atom. The minimum atomic E-state index is 0.412. The lowest BCUT2D eigenvalue weighted by Crippen LogP contribution is -1.93. The molecule has 1 aliphatic rings. The Morgan fingerprint density at radius 1 is 1.71 bits per heavy atom. The molecule has 0 aromatic rings. The van der Waals surface area contributed by atoms with E-state index in [1.54, 1.807) is 0 Å². The van der Waals surface area contributed by atoms with Gasteiger partial charge in [-0.25, -0.2) is 0 Å². The topological polar surface area (TPSA) is 0 Å². The first-order valence-electron chi connectivity index (χ1n) is 2.86. The molecular weight excluding hydrogens is 108 g/mol. The van der Waals surface area contributed by atoms with E-state index in [1.807, 2.05) is 0 Å². The second-order valence-electron chi connectivity index (χ2n) is 2.55. The summed E-state index contributed by atoms with van der Waals surface area (Å²) in [5, 5.41) is 0.412. The van der Waals surface area contributed by atoms with Gasteiger partial charge in [0, 0.05) is 5.38 Å². The standard InChI is InChI=1S/C6H11Cl/c1-4-3-6(4)5(2)7/h4-6H,3H2,1-2H3. The lowest BCUT2D eigenvalue weighted by atomic mass is 10.3. The molecule has 42 valence electrons. The Labute approximate surface area is 49.9 Å². The van der Waals surface area contributed by atoms with E-state index in [2.05, 4.69) is 13.8 Å². The third-order valence-corrected chi connectivity index (χ3v) is 2.09. The van der Waals surface area contributed by atoms with Gasteiger partial charge in [-0.3, -0.25) is 0 Å². The first kappa shape index (κ1) is 5.43. The van der Waals surface area contributed by atoms with Crippen LogP contribution in [0.1, 0.15) is 20.3 Å².